The Hall–Kier alpha value is -3.03. The number of carbonyl (C=O) groups is 1. The van der Waals surface area contributed by atoms with Crippen LogP contribution in [0.4, 0.5) is 21.5 Å². The van der Waals surface area contributed by atoms with Crippen molar-refractivity contribution >= 4 is 23.0 Å². The van der Waals surface area contributed by atoms with E-state index in [0.717, 1.165) is 18.2 Å². The minimum atomic E-state index is -0.903. The first-order valence-corrected chi connectivity index (χ1v) is 5.44. The fraction of sp³-hybridized carbons (Fsp3) is 0. The number of pyridine rings is 1. The Bertz CT molecular complexity index is 690. The summed E-state index contributed by atoms with van der Waals surface area (Å²) >= 11 is 0. The first-order valence-electron chi connectivity index (χ1n) is 5.44. The Morgan fingerprint density at radius 1 is 1.40 bits per heavy atom. The Balaban J connectivity index is 2.25. The SMILES string of the molecule is Nc1cnccc1C(=O)Nc1ccc([N+](=O)[O-])cc1F. The van der Waals surface area contributed by atoms with E-state index in [9.17, 15) is 19.3 Å². The number of hydrogen-bond acceptors (Lipinski definition) is 5. The van der Waals surface area contributed by atoms with Gasteiger partial charge in [0.15, 0.2) is 5.82 Å². The Morgan fingerprint density at radius 3 is 2.75 bits per heavy atom. The molecule has 2 aromatic rings. The molecule has 3 N–H and O–H groups in total. The molecule has 0 bridgehead atoms. The molecule has 0 aliphatic carbocycles. The van der Waals surface area contributed by atoms with Gasteiger partial charge in [-0.1, -0.05) is 0 Å². The molecule has 2 rings (SSSR count). The zero-order chi connectivity index (χ0) is 14.7. The summed E-state index contributed by atoms with van der Waals surface area (Å²) in [5.41, 5.74) is 5.28. The molecule has 1 heterocycles. The molecule has 0 saturated carbocycles. The van der Waals surface area contributed by atoms with E-state index in [1.165, 1.54) is 18.5 Å². The second-order valence-corrected chi connectivity index (χ2v) is 3.84. The van der Waals surface area contributed by atoms with E-state index in [-0.39, 0.29) is 16.9 Å². The number of aromatic nitrogens is 1. The van der Waals surface area contributed by atoms with Crippen molar-refractivity contribution in [1.82, 2.24) is 4.98 Å². The van der Waals surface area contributed by atoms with Gasteiger partial charge in [0.25, 0.3) is 11.6 Å². The predicted molar refractivity (Wildman–Crippen MR) is 69.7 cm³/mol. The van der Waals surface area contributed by atoms with Crippen LogP contribution in [0.5, 0.6) is 0 Å². The number of anilines is 2. The molecule has 0 radical (unpaired) electrons. The third-order valence-electron chi connectivity index (χ3n) is 2.51. The van der Waals surface area contributed by atoms with Crippen LogP contribution in [0.1, 0.15) is 10.4 Å². The summed E-state index contributed by atoms with van der Waals surface area (Å²) in [5, 5.41) is 12.8. The number of nitrogen functional groups attached to an aromatic ring is 1. The first-order chi connectivity index (χ1) is 9.49. The number of benzene rings is 1. The van der Waals surface area contributed by atoms with Crippen molar-refractivity contribution in [3.8, 4) is 0 Å². The predicted octanol–water partition coefficient (Wildman–Crippen LogP) is 1.96. The van der Waals surface area contributed by atoms with E-state index < -0.39 is 22.3 Å². The van der Waals surface area contributed by atoms with Crippen LogP contribution in [0.25, 0.3) is 0 Å². The number of hydrogen-bond donors (Lipinski definition) is 2. The van der Waals surface area contributed by atoms with Crippen LogP contribution in [0.2, 0.25) is 0 Å². The number of nitrogens with one attached hydrogen (secondary N) is 1. The molecule has 0 unspecified atom stereocenters. The number of nitrogens with two attached hydrogens (primary N) is 1. The highest BCUT2D eigenvalue weighted by Gasteiger charge is 2.15. The van der Waals surface area contributed by atoms with Crippen LogP contribution >= 0.6 is 0 Å². The number of nitro benzene ring substituents is 1. The third kappa shape index (κ3) is 2.69. The molecule has 0 atom stereocenters. The van der Waals surface area contributed by atoms with Crippen LogP contribution in [-0.4, -0.2) is 15.8 Å². The second kappa shape index (κ2) is 5.31. The van der Waals surface area contributed by atoms with E-state index in [4.69, 9.17) is 5.73 Å². The topological polar surface area (TPSA) is 111 Å². The molecule has 8 heteroatoms. The quantitative estimate of drug-likeness (QED) is 0.657. The van der Waals surface area contributed by atoms with Gasteiger partial charge in [-0.05, 0) is 12.1 Å². The molecule has 7 nitrogen and oxygen atoms in total. The molecule has 0 saturated heterocycles. The second-order valence-electron chi connectivity index (χ2n) is 3.84. The van der Waals surface area contributed by atoms with Gasteiger partial charge in [-0.3, -0.25) is 19.9 Å². The van der Waals surface area contributed by atoms with E-state index in [1.807, 2.05) is 0 Å². The summed E-state index contributed by atoms with van der Waals surface area (Å²) in [6.07, 6.45) is 2.67. The van der Waals surface area contributed by atoms with Gasteiger partial charge >= 0.3 is 0 Å². The fourth-order valence-electron chi connectivity index (χ4n) is 1.52. The van der Waals surface area contributed by atoms with Crippen LogP contribution in [-0.2, 0) is 0 Å². The maximum atomic E-state index is 13.6. The third-order valence-corrected chi connectivity index (χ3v) is 2.51. The highest BCUT2D eigenvalue weighted by molar-refractivity contribution is 6.07. The van der Waals surface area contributed by atoms with Gasteiger partial charge in [-0.25, -0.2) is 4.39 Å². The minimum absolute atomic E-state index is 0.137. The summed E-state index contributed by atoms with van der Waals surface area (Å²) in [6, 6.07) is 4.32. The maximum Gasteiger partial charge on any atom is 0.272 e. The van der Waals surface area contributed by atoms with Crippen molar-refractivity contribution in [1.29, 1.82) is 0 Å². The van der Waals surface area contributed by atoms with Crippen molar-refractivity contribution in [2.24, 2.45) is 0 Å². The van der Waals surface area contributed by atoms with Gasteiger partial charge in [0.1, 0.15) is 0 Å². The van der Waals surface area contributed by atoms with Crippen LogP contribution in [0.15, 0.2) is 36.7 Å². The first kappa shape index (κ1) is 13.4. The van der Waals surface area contributed by atoms with E-state index in [0.29, 0.717) is 0 Å². The lowest BCUT2D eigenvalue weighted by atomic mass is 10.2. The molecule has 0 spiro atoms. The van der Waals surface area contributed by atoms with Crippen molar-refractivity contribution in [3.05, 3.63) is 58.2 Å². The Morgan fingerprint density at radius 2 is 2.15 bits per heavy atom. The van der Waals surface area contributed by atoms with E-state index in [1.54, 1.807) is 0 Å². The molecule has 0 fully saturated rings. The van der Waals surface area contributed by atoms with Gasteiger partial charge in [-0.2, -0.15) is 0 Å². The van der Waals surface area contributed by atoms with Gasteiger partial charge in [-0.15, -0.1) is 0 Å². The normalized spacial score (nSPS) is 10.1. The Kier molecular flexibility index (Phi) is 3.56. The number of rotatable bonds is 3. The average Bonchev–Trinajstić information content (AvgIpc) is 2.41. The largest absolute Gasteiger partial charge is 0.397 e. The summed E-state index contributed by atoms with van der Waals surface area (Å²) < 4.78 is 13.6. The molecule has 1 aromatic heterocycles. The van der Waals surface area contributed by atoms with Crippen molar-refractivity contribution in [2.45, 2.75) is 0 Å². The van der Waals surface area contributed by atoms with Gasteiger partial charge in [0.2, 0.25) is 0 Å². The van der Waals surface area contributed by atoms with E-state index in [2.05, 4.69) is 10.3 Å². The van der Waals surface area contributed by atoms with Crippen LogP contribution < -0.4 is 11.1 Å². The standard InChI is InChI=1S/C12H9FN4O3/c13-9-5-7(17(19)20)1-2-11(9)16-12(18)8-3-4-15-6-10(8)14/h1-6H,14H2,(H,16,18). The van der Waals surface area contributed by atoms with E-state index >= 15 is 0 Å². The summed E-state index contributed by atoms with van der Waals surface area (Å²) in [4.78, 5) is 25.4. The van der Waals surface area contributed by atoms with Crippen molar-refractivity contribution in [3.63, 3.8) is 0 Å². The highest BCUT2D eigenvalue weighted by Crippen LogP contribution is 2.21. The lowest BCUT2D eigenvalue weighted by Gasteiger charge is -2.07. The molecule has 20 heavy (non-hydrogen) atoms. The average molecular weight is 276 g/mol. The lowest BCUT2D eigenvalue weighted by molar-refractivity contribution is -0.385. The minimum Gasteiger partial charge on any atom is -0.397 e. The summed E-state index contributed by atoms with van der Waals surface area (Å²) in [7, 11) is 0. The number of nitrogens with zero attached hydrogens (tertiary/aromatic N) is 2. The number of nitro groups is 1. The summed E-state index contributed by atoms with van der Waals surface area (Å²) in [6.45, 7) is 0. The smallest absolute Gasteiger partial charge is 0.272 e. The molecular weight excluding hydrogens is 267 g/mol. The fourth-order valence-corrected chi connectivity index (χ4v) is 1.52. The zero-order valence-electron chi connectivity index (χ0n) is 10.0. The maximum absolute atomic E-state index is 13.6. The van der Waals surface area contributed by atoms with Gasteiger partial charge in [0, 0.05) is 12.3 Å². The Labute approximate surface area is 112 Å². The van der Waals surface area contributed by atoms with Crippen LogP contribution in [0.3, 0.4) is 0 Å². The van der Waals surface area contributed by atoms with Gasteiger partial charge < -0.3 is 11.1 Å². The number of non-ortho nitro benzene ring substituents is 1. The molecule has 1 amide bonds. The molecule has 1 aromatic carbocycles. The van der Waals surface area contributed by atoms with Gasteiger partial charge in [0.05, 0.1) is 34.1 Å². The molecule has 102 valence electrons. The zero-order valence-corrected chi connectivity index (χ0v) is 10.0. The molecule has 0 aliphatic heterocycles. The number of amides is 1. The number of carbonyl (C=O) groups excluding carboxylic acids is 1. The lowest BCUT2D eigenvalue weighted by Crippen LogP contribution is -2.15. The molecule has 0 aliphatic rings. The number of halogens is 1. The highest BCUT2D eigenvalue weighted by atomic mass is 19.1. The van der Waals surface area contributed by atoms with Crippen molar-refractivity contribution < 1.29 is 14.1 Å². The molecular formula is C12H9FN4O3. The monoisotopic (exact) mass is 276 g/mol. The summed E-state index contributed by atoms with van der Waals surface area (Å²) in [5.74, 6) is -1.53. The van der Waals surface area contributed by atoms with Crippen molar-refractivity contribution in [2.75, 3.05) is 11.1 Å². The van der Waals surface area contributed by atoms with Crippen LogP contribution in [0, 0.1) is 15.9 Å².